The van der Waals surface area contributed by atoms with Crippen LogP contribution in [0.4, 0.5) is 17.6 Å². The summed E-state index contributed by atoms with van der Waals surface area (Å²) in [5.41, 5.74) is 0.277. The first kappa shape index (κ1) is 19.0. The van der Waals surface area contributed by atoms with Crippen molar-refractivity contribution < 1.29 is 22.3 Å². The quantitative estimate of drug-likeness (QED) is 0.783. The summed E-state index contributed by atoms with van der Waals surface area (Å²) in [4.78, 5) is 2.13. The molecule has 0 aliphatic carbocycles. The number of halogens is 4. The maximum Gasteiger partial charge on any atom is 0.573 e. The first-order chi connectivity index (χ1) is 11.3. The van der Waals surface area contributed by atoms with Gasteiger partial charge < -0.3 is 10.1 Å². The fourth-order valence-electron chi connectivity index (χ4n) is 2.99. The zero-order valence-corrected chi connectivity index (χ0v) is 14.0. The molecule has 1 heterocycles. The van der Waals surface area contributed by atoms with Crippen molar-refractivity contribution in [3.8, 4) is 5.75 Å². The summed E-state index contributed by atoms with van der Waals surface area (Å²) in [5, 5.41) is 3.23. The van der Waals surface area contributed by atoms with Crippen LogP contribution in [0.3, 0.4) is 0 Å². The highest BCUT2D eigenvalue weighted by molar-refractivity contribution is 5.32. The predicted molar refractivity (Wildman–Crippen MR) is 84.3 cm³/mol. The zero-order valence-electron chi connectivity index (χ0n) is 14.0. The van der Waals surface area contributed by atoms with E-state index in [0.717, 1.165) is 44.7 Å². The molecular formula is C17H24F4N2O. The molecule has 1 saturated heterocycles. The number of nitrogens with zero attached hydrogens (tertiary/aromatic N) is 1. The number of hydrogen-bond acceptors (Lipinski definition) is 3. The topological polar surface area (TPSA) is 24.5 Å². The SMILES string of the molecule is CC(C)CC[C@H](c1cc(OC(F)(F)F)ccc1F)N1CCNCC1. The van der Waals surface area contributed by atoms with E-state index in [0.29, 0.717) is 12.3 Å². The number of nitrogens with one attached hydrogen (secondary N) is 1. The molecule has 3 nitrogen and oxygen atoms in total. The highest BCUT2D eigenvalue weighted by Gasteiger charge is 2.32. The fourth-order valence-corrected chi connectivity index (χ4v) is 2.99. The third-order valence-corrected chi connectivity index (χ3v) is 4.17. The molecule has 24 heavy (non-hydrogen) atoms. The highest BCUT2D eigenvalue weighted by atomic mass is 19.4. The van der Waals surface area contributed by atoms with Gasteiger partial charge in [-0.05, 0) is 37.0 Å². The lowest BCUT2D eigenvalue weighted by molar-refractivity contribution is -0.274. The van der Waals surface area contributed by atoms with Crippen molar-refractivity contribution >= 4 is 0 Å². The third kappa shape index (κ3) is 5.63. The first-order valence-electron chi connectivity index (χ1n) is 8.26. The molecule has 1 atom stereocenters. The number of alkyl halides is 3. The fraction of sp³-hybridized carbons (Fsp3) is 0.647. The van der Waals surface area contributed by atoms with Crippen molar-refractivity contribution in [3.05, 3.63) is 29.6 Å². The zero-order chi connectivity index (χ0) is 17.7. The van der Waals surface area contributed by atoms with Gasteiger partial charge in [-0.15, -0.1) is 13.2 Å². The summed E-state index contributed by atoms with van der Waals surface area (Å²) in [6, 6.07) is 3.02. The van der Waals surface area contributed by atoms with Crippen molar-refractivity contribution in [2.45, 2.75) is 39.1 Å². The Hall–Kier alpha value is -1.34. The largest absolute Gasteiger partial charge is 0.573 e. The minimum atomic E-state index is -4.78. The molecule has 1 aliphatic heterocycles. The summed E-state index contributed by atoms with van der Waals surface area (Å²) in [5.74, 6) is -0.423. The van der Waals surface area contributed by atoms with Gasteiger partial charge in [-0.25, -0.2) is 4.39 Å². The summed E-state index contributed by atoms with van der Waals surface area (Å²) < 4.78 is 55.7. The van der Waals surface area contributed by atoms with Gasteiger partial charge in [0.25, 0.3) is 0 Å². The Morgan fingerprint density at radius 3 is 2.42 bits per heavy atom. The van der Waals surface area contributed by atoms with E-state index >= 15 is 0 Å². The molecule has 1 aromatic rings. The molecule has 0 aromatic heterocycles. The molecule has 0 radical (unpaired) electrons. The molecule has 1 N–H and O–H groups in total. The molecule has 0 saturated carbocycles. The van der Waals surface area contributed by atoms with Gasteiger partial charge in [0, 0.05) is 37.8 Å². The van der Waals surface area contributed by atoms with Gasteiger partial charge >= 0.3 is 6.36 Å². The summed E-state index contributed by atoms with van der Waals surface area (Å²) >= 11 is 0. The Labute approximate surface area is 140 Å². The lowest BCUT2D eigenvalue weighted by atomic mass is 9.95. The van der Waals surface area contributed by atoms with Gasteiger partial charge in [0.1, 0.15) is 11.6 Å². The molecular weight excluding hydrogens is 324 g/mol. The molecule has 7 heteroatoms. The average Bonchev–Trinajstić information content (AvgIpc) is 2.50. The molecule has 1 aromatic carbocycles. The van der Waals surface area contributed by atoms with Crippen molar-refractivity contribution in [2.24, 2.45) is 5.92 Å². The van der Waals surface area contributed by atoms with Crippen LogP contribution in [0.1, 0.15) is 38.3 Å². The second kappa shape index (κ2) is 8.16. The maximum atomic E-state index is 14.4. The lowest BCUT2D eigenvalue weighted by Crippen LogP contribution is -2.45. The normalized spacial score (nSPS) is 18.0. The Balaban J connectivity index is 2.27. The van der Waals surface area contributed by atoms with E-state index in [4.69, 9.17) is 0 Å². The van der Waals surface area contributed by atoms with Crippen LogP contribution in [0, 0.1) is 11.7 Å². The molecule has 1 aliphatic rings. The van der Waals surface area contributed by atoms with E-state index in [1.807, 2.05) is 0 Å². The molecule has 0 bridgehead atoms. The van der Waals surface area contributed by atoms with Crippen LogP contribution in [0.2, 0.25) is 0 Å². The van der Waals surface area contributed by atoms with Crippen LogP contribution in [0.15, 0.2) is 18.2 Å². The number of piperazine rings is 1. The van der Waals surface area contributed by atoms with Gasteiger partial charge in [-0.3, -0.25) is 4.90 Å². The minimum absolute atomic E-state index is 0.244. The molecule has 1 fully saturated rings. The van der Waals surface area contributed by atoms with Crippen LogP contribution < -0.4 is 10.1 Å². The van der Waals surface area contributed by atoms with Crippen molar-refractivity contribution in [2.75, 3.05) is 26.2 Å². The standard InChI is InChI=1S/C17H24F4N2O/c1-12(2)3-6-16(23-9-7-22-8-10-23)14-11-13(4-5-15(14)18)24-17(19,20)21/h4-5,11-12,16,22H,3,6-10H2,1-2H3/t16-/m1/s1. The first-order valence-corrected chi connectivity index (χ1v) is 8.26. The van der Waals surface area contributed by atoms with E-state index in [2.05, 4.69) is 28.8 Å². The Morgan fingerprint density at radius 1 is 1.17 bits per heavy atom. The van der Waals surface area contributed by atoms with Gasteiger partial charge in [-0.1, -0.05) is 13.8 Å². The van der Waals surface area contributed by atoms with E-state index in [-0.39, 0.29) is 17.4 Å². The number of rotatable bonds is 6. The van der Waals surface area contributed by atoms with Crippen LogP contribution >= 0.6 is 0 Å². The molecule has 136 valence electrons. The second-order valence-electron chi connectivity index (χ2n) is 6.50. The third-order valence-electron chi connectivity index (χ3n) is 4.17. The number of benzene rings is 1. The Bertz CT molecular complexity index is 528. The average molecular weight is 348 g/mol. The summed E-state index contributed by atoms with van der Waals surface area (Å²) in [7, 11) is 0. The van der Waals surface area contributed by atoms with Crippen LogP contribution in [-0.4, -0.2) is 37.4 Å². The Morgan fingerprint density at radius 2 is 1.83 bits per heavy atom. The van der Waals surface area contributed by atoms with E-state index in [1.165, 1.54) is 6.07 Å². The van der Waals surface area contributed by atoms with E-state index in [1.54, 1.807) is 0 Å². The Kier molecular flexibility index (Phi) is 6.46. The molecule has 0 unspecified atom stereocenters. The van der Waals surface area contributed by atoms with Crippen LogP contribution in [-0.2, 0) is 0 Å². The van der Waals surface area contributed by atoms with Crippen molar-refractivity contribution in [1.82, 2.24) is 10.2 Å². The number of ether oxygens (including phenoxy) is 1. The summed E-state index contributed by atoms with van der Waals surface area (Å²) in [6.07, 6.45) is -3.21. The van der Waals surface area contributed by atoms with Gasteiger partial charge in [0.05, 0.1) is 0 Å². The van der Waals surface area contributed by atoms with Gasteiger partial charge in [0.2, 0.25) is 0 Å². The lowest BCUT2D eigenvalue weighted by Gasteiger charge is -2.36. The van der Waals surface area contributed by atoms with Crippen LogP contribution in [0.25, 0.3) is 0 Å². The molecule has 0 spiro atoms. The van der Waals surface area contributed by atoms with Crippen LogP contribution in [0.5, 0.6) is 5.75 Å². The second-order valence-corrected chi connectivity index (χ2v) is 6.50. The van der Waals surface area contributed by atoms with E-state index in [9.17, 15) is 17.6 Å². The number of hydrogen-bond donors (Lipinski definition) is 1. The summed E-state index contributed by atoms with van der Waals surface area (Å²) in [6.45, 7) is 7.22. The van der Waals surface area contributed by atoms with E-state index < -0.39 is 12.2 Å². The minimum Gasteiger partial charge on any atom is -0.406 e. The van der Waals surface area contributed by atoms with Crippen molar-refractivity contribution in [3.63, 3.8) is 0 Å². The molecule has 2 rings (SSSR count). The highest BCUT2D eigenvalue weighted by Crippen LogP contribution is 2.33. The van der Waals surface area contributed by atoms with Crippen molar-refractivity contribution in [1.29, 1.82) is 0 Å². The van der Waals surface area contributed by atoms with Gasteiger partial charge in [0.15, 0.2) is 0 Å². The monoisotopic (exact) mass is 348 g/mol. The smallest absolute Gasteiger partial charge is 0.406 e. The molecule has 0 amide bonds. The maximum absolute atomic E-state index is 14.4. The van der Waals surface area contributed by atoms with Gasteiger partial charge in [-0.2, -0.15) is 0 Å². The predicted octanol–water partition coefficient (Wildman–Crippen LogP) is 4.11.